The number of hydrogen-bond acceptors (Lipinski definition) is 2. The Hall–Kier alpha value is -0.570. The van der Waals surface area contributed by atoms with Gasteiger partial charge in [0.05, 0.1) is 6.04 Å². The van der Waals surface area contributed by atoms with E-state index < -0.39 is 0 Å². The van der Waals surface area contributed by atoms with Gasteiger partial charge in [-0.2, -0.15) is 0 Å². The largest absolute Gasteiger partial charge is 0.351 e. The SMILES string of the molecule is CC[C@H](N)C(=O)NC1CC2CCC1(C)C2(C)C. The standard InChI is InChI=1S/C14H26N2O/c1-5-10(15)12(17)16-11-8-9-6-7-14(11,4)13(9,2)3/h9-11H,5-8,15H2,1-4H3,(H,16,17)/t9?,10-,11?,14?/m0/s1. The Morgan fingerprint density at radius 2 is 2.12 bits per heavy atom. The molecule has 2 aliphatic carbocycles. The summed E-state index contributed by atoms with van der Waals surface area (Å²) in [5, 5.41) is 3.19. The molecule has 0 aromatic heterocycles. The maximum atomic E-state index is 11.9. The number of amides is 1. The van der Waals surface area contributed by atoms with E-state index in [9.17, 15) is 4.79 Å². The molecular formula is C14H26N2O. The summed E-state index contributed by atoms with van der Waals surface area (Å²) in [5.74, 6) is 0.790. The molecule has 17 heavy (non-hydrogen) atoms. The molecule has 4 atom stereocenters. The van der Waals surface area contributed by atoms with Crippen LogP contribution in [0.15, 0.2) is 0 Å². The normalized spacial score (nSPS) is 40.3. The predicted octanol–water partition coefficient (Wildman–Crippen LogP) is 2.05. The molecule has 3 N–H and O–H groups in total. The number of carbonyl (C=O) groups excluding carboxylic acids is 1. The van der Waals surface area contributed by atoms with Crippen LogP contribution in [0.25, 0.3) is 0 Å². The third-order valence-electron chi connectivity index (χ3n) is 5.89. The van der Waals surface area contributed by atoms with Crippen molar-refractivity contribution in [3.63, 3.8) is 0 Å². The van der Waals surface area contributed by atoms with Gasteiger partial charge in [-0.1, -0.05) is 27.7 Å². The number of rotatable bonds is 3. The van der Waals surface area contributed by atoms with Gasteiger partial charge in [-0.3, -0.25) is 4.79 Å². The Labute approximate surface area is 105 Å². The van der Waals surface area contributed by atoms with Crippen molar-refractivity contribution in [3.05, 3.63) is 0 Å². The highest BCUT2D eigenvalue weighted by molar-refractivity contribution is 5.81. The molecule has 3 unspecified atom stereocenters. The van der Waals surface area contributed by atoms with Crippen molar-refractivity contribution < 1.29 is 4.79 Å². The second kappa shape index (κ2) is 3.98. The zero-order valence-corrected chi connectivity index (χ0v) is 11.5. The summed E-state index contributed by atoms with van der Waals surface area (Å²) in [5.41, 5.74) is 6.39. The van der Waals surface area contributed by atoms with E-state index in [1.165, 1.54) is 12.8 Å². The van der Waals surface area contributed by atoms with E-state index in [1.807, 2.05) is 6.92 Å². The average Bonchev–Trinajstić information content (AvgIpc) is 2.60. The second-order valence-electron chi connectivity index (χ2n) is 6.69. The zero-order chi connectivity index (χ0) is 12.8. The Morgan fingerprint density at radius 3 is 2.53 bits per heavy atom. The van der Waals surface area contributed by atoms with E-state index >= 15 is 0 Å². The minimum Gasteiger partial charge on any atom is -0.351 e. The van der Waals surface area contributed by atoms with Gasteiger partial charge in [0.2, 0.25) is 5.91 Å². The molecule has 2 fully saturated rings. The van der Waals surface area contributed by atoms with Gasteiger partial charge in [0, 0.05) is 6.04 Å². The monoisotopic (exact) mass is 238 g/mol. The lowest BCUT2D eigenvalue weighted by molar-refractivity contribution is -0.124. The number of nitrogens with one attached hydrogen (secondary N) is 1. The molecule has 2 rings (SSSR count). The molecule has 0 saturated heterocycles. The molecule has 0 heterocycles. The minimum atomic E-state index is -0.346. The summed E-state index contributed by atoms with van der Waals surface area (Å²) >= 11 is 0. The molecule has 0 aliphatic heterocycles. The van der Waals surface area contributed by atoms with E-state index in [4.69, 9.17) is 5.73 Å². The van der Waals surface area contributed by atoms with Crippen molar-refractivity contribution in [2.75, 3.05) is 0 Å². The molecule has 2 bridgehead atoms. The van der Waals surface area contributed by atoms with Crippen LogP contribution in [-0.2, 0) is 4.79 Å². The van der Waals surface area contributed by atoms with Crippen LogP contribution in [0.3, 0.4) is 0 Å². The molecule has 2 aliphatic rings. The maximum Gasteiger partial charge on any atom is 0.237 e. The van der Waals surface area contributed by atoms with Crippen LogP contribution in [0.5, 0.6) is 0 Å². The minimum absolute atomic E-state index is 0.0297. The van der Waals surface area contributed by atoms with Crippen LogP contribution in [-0.4, -0.2) is 18.0 Å². The van der Waals surface area contributed by atoms with Crippen LogP contribution in [0.2, 0.25) is 0 Å². The Balaban J connectivity index is 2.08. The number of carbonyl (C=O) groups is 1. The van der Waals surface area contributed by atoms with Gasteiger partial charge >= 0.3 is 0 Å². The van der Waals surface area contributed by atoms with E-state index in [2.05, 4.69) is 26.1 Å². The fraction of sp³-hybridized carbons (Fsp3) is 0.929. The summed E-state index contributed by atoms with van der Waals surface area (Å²) in [6.07, 6.45) is 4.39. The van der Waals surface area contributed by atoms with Gasteiger partial charge in [-0.25, -0.2) is 0 Å². The first-order valence-electron chi connectivity index (χ1n) is 6.89. The summed E-state index contributed by atoms with van der Waals surface area (Å²) in [4.78, 5) is 11.9. The highest BCUT2D eigenvalue weighted by Crippen LogP contribution is 2.65. The molecule has 0 aromatic rings. The molecular weight excluding hydrogens is 212 g/mol. The highest BCUT2D eigenvalue weighted by atomic mass is 16.2. The first-order valence-corrected chi connectivity index (χ1v) is 6.89. The van der Waals surface area contributed by atoms with Crippen molar-refractivity contribution in [1.82, 2.24) is 5.32 Å². The zero-order valence-electron chi connectivity index (χ0n) is 11.5. The first-order chi connectivity index (χ1) is 7.83. The summed E-state index contributed by atoms with van der Waals surface area (Å²) < 4.78 is 0. The molecule has 98 valence electrons. The van der Waals surface area contributed by atoms with E-state index in [1.54, 1.807) is 0 Å². The van der Waals surface area contributed by atoms with Crippen LogP contribution in [0.4, 0.5) is 0 Å². The van der Waals surface area contributed by atoms with Gasteiger partial charge in [0.1, 0.15) is 0 Å². The lowest BCUT2D eigenvalue weighted by Gasteiger charge is -2.39. The van der Waals surface area contributed by atoms with Gasteiger partial charge in [0.25, 0.3) is 0 Å². The lowest BCUT2D eigenvalue weighted by Crippen LogP contribution is -2.51. The van der Waals surface area contributed by atoms with Crippen LogP contribution >= 0.6 is 0 Å². The van der Waals surface area contributed by atoms with Crippen molar-refractivity contribution in [2.24, 2.45) is 22.5 Å². The smallest absolute Gasteiger partial charge is 0.237 e. The van der Waals surface area contributed by atoms with E-state index in [0.717, 1.165) is 12.3 Å². The Bertz CT molecular complexity index is 326. The Morgan fingerprint density at radius 1 is 1.47 bits per heavy atom. The van der Waals surface area contributed by atoms with E-state index in [-0.39, 0.29) is 17.4 Å². The molecule has 3 heteroatoms. The van der Waals surface area contributed by atoms with Gasteiger partial charge in [-0.05, 0) is 42.4 Å². The third kappa shape index (κ3) is 1.70. The fourth-order valence-electron chi connectivity index (χ4n) is 3.89. The molecule has 0 aromatic carbocycles. The van der Waals surface area contributed by atoms with Gasteiger partial charge < -0.3 is 11.1 Å². The lowest BCUT2D eigenvalue weighted by atomic mass is 9.69. The van der Waals surface area contributed by atoms with Gasteiger partial charge in [0.15, 0.2) is 0 Å². The molecule has 1 amide bonds. The first kappa shape index (κ1) is 12.9. The summed E-state index contributed by atoms with van der Waals surface area (Å²) in [6.45, 7) is 9.01. The van der Waals surface area contributed by atoms with Gasteiger partial charge in [-0.15, -0.1) is 0 Å². The topological polar surface area (TPSA) is 55.1 Å². The third-order valence-corrected chi connectivity index (χ3v) is 5.89. The highest BCUT2D eigenvalue weighted by Gasteiger charge is 2.61. The van der Waals surface area contributed by atoms with Crippen molar-refractivity contribution >= 4 is 5.91 Å². The maximum absolute atomic E-state index is 11.9. The molecule has 0 spiro atoms. The van der Waals surface area contributed by atoms with Crippen molar-refractivity contribution in [3.8, 4) is 0 Å². The number of nitrogens with two attached hydrogens (primary N) is 1. The predicted molar refractivity (Wildman–Crippen MR) is 69.4 cm³/mol. The van der Waals surface area contributed by atoms with Crippen LogP contribution in [0, 0.1) is 16.7 Å². The quantitative estimate of drug-likeness (QED) is 0.790. The number of fused-ring (bicyclic) bond motifs is 2. The van der Waals surface area contributed by atoms with Crippen LogP contribution < -0.4 is 11.1 Å². The molecule has 3 nitrogen and oxygen atoms in total. The number of hydrogen-bond donors (Lipinski definition) is 2. The Kier molecular flexibility index (Phi) is 3.01. The average molecular weight is 238 g/mol. The fourth-order valence-corrected chi connectivity index (χ4v) is 3.89. The molecule has 2 saturated carbocycles. The summed E-state index contributed by atoms with van der Waals surface area (Å²) in [7, 11) is 0. The van der Waals surface area contributed by atoms with Crippen molar-refractivity contribution in [2.45, 2.75) is 65.5 Å². The second-order valence-corrected chi connectivity index (χ2v) is 6.69. The van der Waals surface area contributed by atoms with Crippen molar-refractivity contribution in [1.29, 1.82) is 0 Å². The van der Waals surface area contributed by atoms with Crippen LogP contribution in [0.1, 0.15) is 53.4 Å². The van der Waals surface area contributed by atoms with E-state index in [0.29, 0.717) is 17.9 Å². The summed E-state index contributed by atoms with van der Waals surface area (Å²) in [6, 6.07) is -0.0258. The molecule has 0 radical (unpaired) electrons.